The Morgan fingerprint density at radius 2 is 2.00 bits per heavy atom. The molecule has 7 heteroatoms. The molecule has 1 amide bonds. The highest BCUT2D eigenvalue weighted by Crippen LogP contribution is 2.32. The minimum absolute atomic E-state index is 0.00348. The average Bonchev–Trinajstić information content (AvgIpc) is 2.50. The molecule has 2 aliphatic rings. The van der Waals surface area contributed by atoms with Crippen molar-refractivity contribution < 1.29 is 9.90 Å². The topological polar surface area (TPSA) is 87.1 Å². The predicted octanol–water partition coefficient (Wildman–Crippen LogP) is 0.578. The number of carbonyl (C=O) groups excluding carboxylic acids is 1. The lowest BCUT2D eigenvalue weighted by Gasteiger charge is -2.41. The third-order valence-corrected chi connectivity index (χ3v) is 5.76. The minimum atomic E-state index is -0.594. The van der Waals surface area contributed by atoms with Gasteiger partial charge in [0.1, 0.15) is 0 Å². The Hall–Kier alpha value is -1.18. The lowest BCUT2D eigenvalue weighted by Crippen LogP contribution is -2.64. The molecule has 2 heterocycles. The van der Waals surface area contributed by atoms with Gasteiger partial charge in [0.25, 0.3) is 0 Å². The molecule has 1 aliphatic heterocycles. The van der Waals surface area contributed by atoms with Crippen molar-refractivity contribution in [1.82, 2.24) is 20.6 Å². The van der Waals surface area contributed by atoms with Gasteiger partial charge in [0.2, 0.25) is 5.91 Å². The van der Waals surface area contributed by atoms with E-state index in [1.165, 1.54) is 0 Å². The smallest absolute Gasteiger partial charge is 0.231 e. The number of nitrogens with zero attached hydrogens (tertiary/aromatic N) is 2. The first-order valence-corrected chi connectivity index (χ1v) is 8.66. The quantitative estimate of drug-likeness (QED) is 0.687. The summed E-state index contributed by atoms with van der Waals surface area (Å²) >= 11 is 1.73. The van der Waals surface area contributed by atoms with E-state index in [-0.39, 0.29) is 18.6 Å². The first-order valence-electron chi connectivity index (χ1n) is 7.78. The summed E-state index contributed by atoms with van der Waals surface area (Å²) in [6.07, 6.45) is 7.59. The van der Waals surface area contributed by atoms with Crippen LogP contribution in [-0.4, -0.2) is 52.0 Å². The van der Waals surface area contributed by atoms with E-state index in [9.17, 15) is 9.90 Å². The molecule has 2 fully saturated rings. The monoisotopic (exact) mass is 322 g/mol. The van der Waals surface area contributed by atoms with Gasteiger partial charge in [0.15, 0.2) is 5.16 Å². The van der Waals surface area contributed by atoms with E-state index in [4.69, 9.17) is 0 Å². The van der Waals surface area contributed by atoms with Crippen LogP contribution in [-0.2, 0) is 4.79 Å². The fraction of sp³-hybridized carbons (Fsp3) is 0.667. The Balaban J connectivity index is 1.45. The average molecular weight is 322 g/mol. The maximum absolute atomic E-state index is 12.3. The number of rotatable bonds is 5. The van der Waals surface area contributed by atoms with Gasteiger partial charge in [0.05, 0.1) is 12.0 Å². The second-order valence-electron chi connectivity index (χ2n) is 6.14. The van der Waals surface area contributed by atoms with Gasteiger partial charge in [-0.2, -0.15) is 0 Å². The molecule has 3 rings (SSSR count). The molecule has 0 bridgehead atoms. The van der Waals surface area contributed by atoms with Crippen LogP contribution in [0.5, 0.6) is 0 Å². The second-order valence-corrected chi connectivity index (χ2v) is 7.41. The molecule has 6 nitrogen and oxygen atoms in total. The minimum Gasteiger partial charge on any atom is -0.395 e. The molecule has 1 aliphatic carbocycles. The maximum atomic E-state index is 12.3. The molecule has 120 valence electrons. The molecule has 1 saturated heterocycles. The number of hydrogen-bond acceptors (Lipinski definition) is 6. The number of nitrogens with one attached hydrogen (secondary N) is 2. The third kappa shape index (κ3) is 3.42. The Morgan fingerprint density at radius 1 is 1.32 bits per heavy atom. The van der Waals surface area contributed by atoms with Crippen LogP contribution in [0.2, 0.25) is 0 Å². The molecule has 0 unspecified atom stereocenters. The zero-order chi connectivity index (χ0) is 15.4. The molecule has 0 aromatic carbocycles. The van der Waals surface area contributed by atoms with Crippen LogP contribution in [0.15, 0.2) is 23.6 Å². The van der Waals surface area contributed by atoms with E-state index in [1.54, 1.807) is 24.2 Å². The number of aliphatic hydroxyl groups excluding tert-OH is 1. The number of thioether (sulfide) groups is 1. The highest BCUT2D eigenvalue weighted by atomic mass is 32.2. The maximum Gasteiger partial charge on any atom is 0.231 e. The zero-order valence-corrected chi connectivity index (χ0v) is 13.3. The van der Waals surface area contributed by atoms with Crippen molar-refractivity contribution in [2.75, 3.05) is 19.7 Å². The van der Waals surface area contributed by atoms with E-state index in [1.807, 2.05) is 6.07 Å². The summed E-state index contributed by atoms with van der Waals surface area (Å²) in [5.74, 6) is -0.00348. The number of carbonyl (C=O) groups is 1. The van der Waals surface area contributed by atoms with E-state index in [2.05, 4.69) is 20.6 Å². The van der Waals surface area contributed by atoms with Crippen LogP contribution in [0, 0.1) is 5.41 Å². The van der Waals surface area contributed by atoms with Crippen molar-refractivity contribution in [1.29, 1.82) is 0 Å². The Morgan fingerprint density at radius 3 is 2.55 bits per heavy atom. The lowest BCUT2D eigenvalue weighted by molar-refractivity contribution is -0.137. The molecule has 0 spiro atoms. The van der Waals surface area contributed by atoms with Gasteiger partial charge >= 0.3 is 0 Å². The van der Waals surface area contributed by atoms with Crippen molar-refractivity contribution in [2.24, 2.45) is 5.41 Å². The fourth-order valence-corrected chi connectivity index (χ4v) is 3.98. The summed E-state index contributed by atoms with van der Waals surface area (Å²) in [7, 11) is 0. The second kappa shape index (κ2) is 6.93. The molecule has 0 atom stereocenters. The number of amides is 1. The van der Waals surface area contributed by atoms with E-state index < -0.39 is 5.41 Å². The third-order valence-electron chi connectivity index (χ3n) is 4.53. The van der Waals surface area contributed by atoms with Crippen molar-refractivity contribution in [3.63, 3.8) is 0 Å². The summed E-state index contributed by atoms with van der Waals surface area (Å²) in [6, 6.07) is 2.05. The van der Waals surface area contributed by atoms with Crippen molar-refractivity contribution in [3.05, 3.63) is 18.5 Å². The molecular formula is C15H22N4O2S. The fourth-order valence-electron chi connectivity index (χ4n) is 2.93. The van der Waals surface area contributed by atoms with Crippen molar-refractivity contribution in [3.8, 4) is 0 Å². The zero-order valence-electron chi connectivity index (χ0n) is 12.5. The number of hydrogen-bond donors (Lipinski definition) is 3. The van der Waals surface area contributed by atoms with Gasteiger partial charge < -0.3 is 15.7 Å². The number of aliphatic hydroxyl groups is 1. The molecule has 1 saturated carbocycles. The SMILES string of the molecule is O=C(NC1CCC(Sc2ncccn2)CC1)C1(CO)CNC1. The summed E-state index contributed by atoms with van der Waals surface area (Å²) in [5, 5.41) is 17.0. The first-order chi connectivity index (χ1) is 10.7. The van der Waals surface area contributed by atoms with Crippen molar-refractivity contribution >= 4 is 17.7 Å². The summed E-state index contributed by atoms with van der Waals surface area (Å²) in [4.78, 5) is 20.8. The molecule has 1 aromatic heterocycles. The van der Waals surface area contributed by atoms with Gasteiger partial charge in [-0.3, -0.25) is 4.79 Å². The largest absolute Gasteiger partial charge is 0.395 e. The summed E-state index contributed by atoms with van der Waals surface area (Å²) in [5.41, 5.74) is -0.594. The van der Waals surface area contributed by atoms with Gasteiger partial charge in [-0.1, -0.05) is 11.8 Å². The van der Waals surface area contributed by atoms with E-state index in [0.717, 1.165) is 30.8 Å². The van der Waals surface area contributed by atoms with Crippen LogP contribution < -0.4 is 10.6 Å². The van der Waals surface area contributed by atoms with Gasteiger partial charge in [0, 0.05) is 36.8 Å². The van der Waals surface area contributed by atoms with Crippen LogP contribution in [0.25, 0.3) is 0 Å². The molecular weight excluding hydrogens is 300 g/mol. The molecule has 1 aromatic rings. The highest BCUT2D eigenvalue weighted by molar-refractivity contribution is 7.99. The predicted molar refractivity (Wildman–Crippen MR) is 84.5 cm³/mol. The van der Waals surface area contributed by atoms with Gasteiger partial charge in [-0.15, -0.1) is 0 Å². The normalized spacial score (nSPS) is 27.0. The number of aromatic nitrogens is 2. The van der Waals surface area contributed by atoms with Crippen LogP contribution in [0.4, 0.5) is 0 Å². The Kier molecular flexibility index (Phi) is 4.95. The molecule has 0 radical (unpaired) electrons. The van der Waals surface area contributed by atoms with Crippen LogP contribution >= 0.6 is 11.8 Å². The van der Waals surface area contributed by atoms with Crippen molar-refractivity contribution in [2.45, 2.75) is 42.1 Å². The first kappa shape index (κ1) is 15.7. The summed E-state index contributed by atoms with van der Waals surface area (Å²) < 4.78 is 0. The van der Waals surface area contributed by atoms with Crippen LogP contribution in [0.3, 0.4) is 0 Å². The van der Waals surface area contributed by atoms with Crippen LogP contribution in [0.1, 0.15) is 25.7 Å². The van der Waals surface area contributed by atoms with E-state index in [0.29, 0.717) is 18.3 Å². The Bertz CT molecular complexity index is 496. The standard InChI is InChI=1S/C15H22N4O2S/c20-10-15(8-16-9-15)13(21)19-11-2-4-12(5-3-11)22-14-17-6-1-7-18-14/h1,6-7,11-12,16,20H,2-5,8-10H2,(H,19,21). The molecule has 22 heavy (non-hydrogen) atoms. The molecule has 3 N–H and O–H groups in total. The lowest BCUT2D eigenvalue weighted by atomic mass is 9.81. The van der Waals surface area contributed by atoms with Gasteiger partial charge in [-0.25, -0.2) is 9.97 Å². The highest BCUT2D eigenvalue weighted by Gasteiger charge is 2.44. The Labute approximate surface area is 134 Å². The van der Waals surface area contributed by atoms with Gasteiger partial charge in [-0.05, 0) is 31.7 Å². The van der Waals surface area contributed by atoms with E-state index >= 15 is 0 Å². The summed E-state index contributed by atoms with van der Waals surface area (Å²) in [6.45, 7) is 1.07.